The fourth-order valence-electron chi connectivity index (χ4n) is 1.84. The van der Waals surface area contributed by atoms with E-state index in [-0.39, 0.29) is 6.42 Å². The van der Waals surface area contributed by atoms with Crippen LogP contribution in [0.4, 0.5) is 0 Å². The SMILES string of the molecule is [O-]/C(=N\Cl)C(Cl)(Cl)Cc1ccc(OCc2ccccc2)cc1. The van der Waals surface area contributed by atoms with Gasteiger partial charge in [0.15, 0.2) is 4.33 Å². The summed E-state index contributed by atoms with van der Waals surface area (Å²) in [6.45, 7) is 0.485. The van der Waals surface area contributed by atoms with Gasteiger partial charge in [0.25, 0.3) is 0 Å². The summed E-state index contributed by atoms with van der Waals surface area (Å²) in [5.41, 5.74) is 1.87. The Balaban J connectivity index is 1.96. The zero-order valence-electron chi connectivity index (χ0n) is 11.5. The summed E-state index contributed by atoms with van der Waals surface area (Å²) >= 11 is 16.9. The highest BCUT2D eigenvalue weighted by Gasteiger charge is 2.25. The van der Waals surface area contributed by atoms with E-state index in [9.17, 15) is 5.11 Å². The van der Waals surface area contributed by atoms with E-state index >= 15 is 0 Å². The van der Waals surface area contributed by atoms with Crippen LogP contribution in [0.1, 0.15) is 11.1 Å². The van der Waals surface area contributed by atoms with Crippen LogP contribution in [0.2, 0.25) is 0 Å². The van der Waals surface area contributed by atoms with Gasteiger partial charge in [0.2, 0.25) is 0 Å². The molecular formula is C16H13Cl3NO2-. The number of ether oxygens (including phenoxy) is 1. The Bertz CT molecular complexity index is 628. The van der Waals surface area contributed by atoms with Crippen molar-refractivity contribution in [1.29, 1.82) is 0 Å². The zero-order valence-corrected chi connectivity index (χ0v) is 13.8. The first-order chi connectivity index (χ1) is 10.5. The van der Waals surface area contributed by atoms with Gasteiger partial charge in [0.1, 0.15) is 12.4 Å². The molecule has 0 heterocycles. The van der Waals surface area contributed by atoms with Crippen LogP contribution in [0.5, 0.6) is 5.75 Å². The second-order valence-electron chi connectivity index (χ2n) is 4.69. The average Bonchev–Trinajstić information content (AvgIpc) is 2.54. The molecule has 0 aliphatic heterocycles. The molecule has 0 aromatic heterocycles. The summed E-state index contributed by atoms with van der Waals surface area (Å²) in [6.07, 6.45) is 0.115. The van der Waals surface area contributed by atoms with Gasteiger partial charge >= 0.3 is 0 Å². The Morgan fingerprint density at radius 1 is 1.00 bits per heavy atom. The van der Waals surface area contributed by atoms with E-state index in [2.05, 4.69) is 4.51 Å². The van der Waals surface area contributed by atoms with Crippen molar-refractivity contribution < 1.29 is 9.84 Å². The molecule has 2 aromatic rings. The van der Waals surface area contributed by atoms with Crippen LogP contribution in [-0.4, -0.2) is 10.2 Å². The van der Waals surface area contributed by atoms with E-state index in [1.165, 1.54) is 0 Å². The monoisotopic (exact) mass is 356 g/mol. The van der Waals surface area contributed by atoms with Crippen LogP contribution in [0, 0.1) is 0 Å². The standard InChI is InChI=1S/C16H14Cl3NO2/c17-16(18,15(21)20-19)10-12-6-8-14(9-7-12)22-11-13-4-2-1-3-5-13/h1-9H,10-11H2,(H,20,21)/p-1. The van der Waals surface area contributed by atoms with Crippen molar-refractivity contribution in [1.82, 2.24) is 0 Å². The Kier molecular flexibility index (Phi) is 5.95. The molecule has 0 bridgehead atoms. The minimum atomic E-state index is -1.66. The predicted molar refractivity (Wildman–Crippen MR) is 88.6 cm³/mol. The quantitative estimate of drug-likeness (QED) is 0.447. The van der Waals surface area contributed by atoms with Crippen LogP contribution < -0.4 is 9.84 Å². The maximum Gasteiger partial charge on any atom is 0.151 e. The van der Waals surface area contributed by atoms with E-state index in [0.717, 1.165) is 16.9 Å². The summed E-state index contributed by atoms with van der Waals surface area (Å²) in [4.78, 5) is 0. The first kappa shape index (κ1) is 16.9. The molecule has 0 spiro atoms. The third kappa shape index (κ3) is 4.80. The van der Waals surface area contributed by atoms with Gasteiger partial charge < -0.3 is 9.84 Å². The molecule has 116 valence electrons. The van der Waals surface area contributed by atoms with Gasteiger partial charge in [0.05, 0.1) is 0 Å². The first-order valence-corrected chi connectivity index (χ1v) is 7.60. The van der Waals surface area contributed by atoms with E-state index in [1.54, 1.807) is 24.3 Å². The minimum absolute atomic E-state index is 0.115. The maximum absolute atomic E-state index is 11.4. The summed E-state index contributed by atoms with van der Waals surface area (Å²) in [5.74, 6) is -0.0578. The van der Waals surface area contributed by atoms with Crippen molar-refractivity contribution in [2.45, 2.75) is 17.4 Å². The maximum atomic E-state index is 11.4. The number of hydrogen-bond donors (Lipinski definition) is 0. The lowest BCUT2D eigenvalue weighted by Gasteiger charge is -2.24. The van der Waals surface area contributed by atoms with Crippen LogP contribution in [-0.2, 0) is 13.0 Å². The average molecular weight is 358 g/mol. The van der Waals surface area contributed by atoms with Gasteiger partial charge in [-0.3, -0.25) is 0 Å². The number of hydrogen-bond acceptors (Lipinski definition) is 3. The molecule has 0 atom stereocenters. The van der Waals surface area contributed by atoms with E-state index in [1.807, 2.05) is 30.3 Å². The molecule has 0 aliphatic rings. The Morgan fingerprint density at radius 2 is 1.64 bits per heavy atom. The molecule has 0 N–H and O–H groups in total. The van der Waals surface area contributed by atoms with Crippen molar-refractivity contribution in [3.05, 3.63) is 65.7 Å². The molecule has 2 rings (SSSR count). The van der Waals surface area contributed by atoms with Gasteiger partial charge in [-0.2, -0.15) is 4.51 Å². The largest absolute Gasteiger partial charge is 0.859 e. The summed E-state index contributed by atoms with van der Waals surface area (Å²) in [5, 5.41) is 11.4. The molecular weight excluding hydrogens is 345 g/mol. The topological polar surface area (TPSA) is 44.7 Å². The highest BCUT2D eigenvalue weighted by Crippen LogP contribution is 2.27. The summed E-state index contributed by atoms with van der Waals surface area (Å²) in [7, 11) is 0. The van der Waals surface area contributed by atoms with Gasteiger partial charge in [0, 0.05) is 24.1 Å². The molecule has 0 aliphatic carbocycles. The molecule has 0 fully saturated rings. The molecule has 0 saturated heterocycles. The fraction of sp³-hybridized carbons (Fsp3) is 0.188. The van der Waals surface area contributed by atoms with Crippen LogP contribution in [0.15, 0.2) is 59.1 Å². The van der Waals surface area contributed by atoms with Gasteiger partial charge in [-0.05, 0) is 23.3 Å². The number of halogens is 3. The minimum Gasteiger partial charge on any atom is -0.859 e. The molecule has 0 saturated carbocycles. The Morgan fingerprint density at radius 3 is 2.23 bits per heavy atom. The van der Waals surface area contributed by atoms with Crippen molar-refractivity contribution >= 4 is 40.9 Å². The highest BCUT2D eigenvalue weighted by molar-refractivity contribution is 6.58. The first-order valence-electron chi connectivity index (χ1n) is 6.51. The Labute approximate surface area is 144 Å². The molecule has 6 heteroatoms. The highest BCUT2D eigenvalue weighted by atomic mass is 35.5. The normalized spacial score (nSPS) is 12.2. The van der Waals surface area contributed by atoms with Crippen LogP contribution in [0.3, 0.4) is 0 Å². The number of nitrogens with zero attached hydrogens (tertiary/aromatic N) is 1. The second-order valence-corrected chi connectivity index (χ2v) is 6.34. The van der Waals surface area contributed by atoms with Crippen LogP contribution in [0.25, 0.3) is 0 Å². The third-order valence-electron chi connectivity index (χ3n) is 2.99. The fourth-order valence-corrected chi connectivity index (χ4v) is 2.46. The Hall–Kier alpha value is -1.42. The van der Waals surface area contributed by atoms with Crippen LogP contribution >= 0.6 is 35.0 Å². The summed E-state index contributed by atoms with van der Waals surface area (Å²) < 4.78 is 7.00. The van der Waals surface area contributed by atoms with E-state index in [0.29, 0.717) is 6.61 Å². The summed E-state index contributed by atoms with van der Waals surface area (Å²) in [6, 6.07) is 17.0. The smallest absolute Gasteiger partial charge is 0.151 e. The van der Waals surface area contributed by atoms with Gasteiger partial charge in [-0.15, -0.1) is 0 Å². The number of rotatable bonds is 6. The molecule has 0 amide bonds. The zero-order chi connectivity index (χ0) is 16.0. The lowest BCUT2D eigenvalue weighted by molar-refractivity contribution is -0.219. The lowest BCUT2D eigenvalue weighted by Crippen LogP contribution is -2.38. The molecule has 0 unspecified atom stereocenters. The third-order valence-corrected chi connectivity index (χ3v) is 3.73. The van der Waals surface area contributed by atoms with Crippen molar-refractivity contribution in [3.8, 4) is 5.75 Å². The van der Waals surface area contributed by atoms with Gasteiger partial charge in [-0.25, -0.2) is 0 Å². The van der Waals surface area contributed by atoms with Crippen molar-refractivity contribution in [3.63, 3.8) is 0 Å². The van der Waals surface area contributed by atoms with Gasteiger partial charge in [-0.1, -0.05) is 65.7 Å². The molecule has 0 radical (unpaired) electrons. The molecule has 3 nitrogen and oxygen atoms in total. The molecule has 22 heavy (non-hydrogen) atoms. The second kappa shape index (κ2) is 7.73. The molecule has 2 aromatic carbocycles. The van der Waals surface area contributed by atoms with Crippen molar-refractivity contribution in [2.24, 2.45) is 4.51 Å². The van der Waals surface area contributed by atoms with E-state index in [4.69, 9.17) is 39.7 Å². The van der Waals surface area contributed by atoms with E-state index < -0.39 is 10.2 Å². The predicted octanol–water partition coefficient (Wildman–Crippen LogP) is 3.89. The van der Waals surface area contributed by atoms with Crippen molar-refractivity contribution in [2.75, 3.05) is 0 Å². The number of benzene rings is 2. The number of alkyl halides is 2. The lowest BCUT2D eigenvalue weighted by atomic mass is 10.1.